The van der Waals surface area contributed by atoms with E-state index in [1.165, 1.54) is 0 Å². The molecule has 2 aromatic carbocycles. The van der Waals surface area contributed by atoms with Gasteiger partial charge in [0.1, 0.15) is 5.54 Å². The Hall–Kier alpha value is -2.93. The lowest BCUT2D eigenvalue weighted by Gasteiger charge is -2.25. The molecule has 2 aliphatic rings. The number of carboxylic acid groups (broad SMARTS) is 2. The van der Waals surface area contributed by atoms with Gasteiger partial charge in [-0.2, -0.15) is 0 Å². The SMILES string of the molecule is NC1(C(=O)O)CC(NC(=O)c2cccc3ccccc23)C2C(C(=O)O)C21. The summed E-state index contributed by atoms with van der Waals surface area (Å²) in [5.41, 5.74) is 4.85. The van der Waals surface area contributed by atoms with Crippen molar-refractivity contribution in [2.75, 3.05) is 0 Å². The number of aliphatic carboxylic acids is 2. The highest BCUT2D eigenvalue weighted by Gasteiger charge is 2.74. The second-order valence-corrected chi connectivity index (χ2v) is 7.12. The monoisotopic (exact) mass is 354 g/mol. The summed E-state index contributed by atoms with van der Waals surface area (Å²) in [4.78, 5) is 35.8. The Morgan fingerprint density at radius 1 is 1.08 bits per heavy atom. The van der Waals surface area contributed by atoms with Gasteiger partial charge in [0.05, 0.1) is 5.92 Å². The summed E-state index contributed by atoms with van der Waals surface area (Å²) in [6, 6.07) is 12.2. The van der Waals surface area contributed by atoms with Crippen LogP contribution in [-0.2, 0) is 9.59 Å². The summed E-state index contributed by atoms with van der Waals surface area (Å²) in [5.74, 6) is -4.58. The minimum absolute atomic E-state index is 0.0257. The zero-order valence-electron chi connectivity index (χ0n) is 13.8. The molecule has 5 atom stereocenters. The van der Waals surface area contributed by atoms with Gasteiger partial charge in [0.25, 0.3) is 5.91 Å². The summed E-state index contributed by atoms with van der Waals surface area (Å²) in [7, 11) is 0. The first-order chi connectivity index (χ1) is 12.3. The van der Waals surface area contributed by atoms with Crippen LogP contribution in [0.25, 0.3) is 10.8 Å². The van der Waals surface area contributed by atoms with Crippen LogP contribution in [0.5, 0.6) is 0 Å². The number of nitrogens with one attached hydrogen (secondary N) is 1. The van der Waals surface area contributed by atoms with Crippen molar-refractivity contribution in [3.8, 4) is 0 Å². The summed E-state index contributed by atoms with van der Waals surface area (Å²) in [5, 5.41) is 23.3. The van der Waals surface area contributed by atoms with E-state index in [2.05, 4.69) is 5.32 Å². The van der Waals surface area contributed by atoms with Crippen LogP contribution in [0.3, 0.4) is 0 Å². The molecule has 26 heavy (non-hydrogen) atoms. The molecule has 2 saturated carbocycles. The van der Waals surface area contributed by atoms with E-state index in [1.807, 2.05) is 30.3 Å². The number of benzene rings is 2. The Morgan fingerprint density at radius 2 is 1.77 bits per heavy atom. The molecule has 2 aromatic rings. The van der Waals surface area contributed by atoms with E-state index in [4.69, 9.17) is 5.73 Å². The molecule has 0 aromatic heterocycles. The Bertz CT molecular complexity index is 937. The lowest BCUT2D eigenvalue weighted by molar-refractivity contribution is -0.145. The summed E-state index contributed by atoms with van der Waals surface area (Å²) >= 11 is 0. The minimum Gasteiger partial charge on any atom is -0.481 e. The molecule has 5 unspecified atom stereocenters. The molecule has 0 radical (unpaired) electrons. The molecule has 4 rings (SSSR count). The van der Waals surface area contributed by atoms with E-state index < -0.39 is 41.3 Å². The van der Waals surface area contributed by atoms with E-state index in [9.17, 15) is 24.6 Å². The van der Waals surface area contributed by atoms with Crippen LogP contribution in [0, 0.1) is 17.8 Å². The van der Waals surface area contributed by atoms with Crippen LogP contribution in [0.4, 0.5) is 0 Å². The molecule has 0 aliphatic heterocycles. The van der Waals surface area contributed by atoms with Crippen LogP contribution in [0.1, 0.15) is 16.8 Å². The highest BCUT2D eigenvalue weighted by atomic mass is 16.4. The van der Waals surface area contributed by atoms with Crippen molar-refractivity contribution < 1.29 is 24.6 Å². The van der Waals surface area contributed by atoms with Crippen molar-refractivity contribution in [1.82, 2.24) is 5.32 Å². The largest absolute Gasteiger partial charge is 0.481 e. The predicted molar refractivity (Wildman–Crippen MR) is 92.5 cm³/mol. The van der Waals surface area contributed by atoms with Gasteiger partial charge in [-0.05, 0) is 29.2 Å². The minimum atomic E-state index is -1.62. The second kappa shape index (κ2) is 5.54. The van der Waals surface area contributed by atoms with Crippen molar-refractivity contribution in [3.05, 3.63) is 48.0 Å². The van der Waals surface area contributed by atoms with Crippen molar-refractivity contribution >= 4 is 28.6 Å². The summed E-state index contributed by atoms with van der Waals surface area (Å²) in [6.45, 7) is 0. The first-order valence-electron chi connectivity index (χ1n) is 8.38. The van der Waals surface area contributed by atoms with Crippen LogP contribution < -0.4 is 11.1 Å². The van der Waals surface area contributed by atoms with Gasteiger partial charge in [0, 0.05) is 17.5 Å². The third kappa shape index (κ3) is 2.28. The summed E-state index contributed by atoms with van der Waals surface area (Å²) < 4.78 is 0. The molecule has 0 bridgehead atoms. The third-order valence-corrected chi connectivity index (χ3v) is 5.73. The van der Waals surface area contributed by atoms with Crippen molar-refractivity contribution in [2.45, 2.75) is 18.0 Å². The zero-order chi connectivity index (χ0) is 18.6. The number of carboxylic acids is 2. The number of fused-ring (bicyclic) bond motifs is 2. The van der Waals surface area contributed by atoms with Gasteiger partial charge in [0.2, 0.25) is 0 Å². The molecule has 134 valence electrons. The van der Waals surface area contributed by atoms with Crippen LogP contribution >= 0.6 is 0 Å². The molecule has 1 amide bonds. The molecular weight excluding hydrogens is 336 g/mol. The predicted octanol–water partition coefficient (Wildman–Crippen LogP) is 1.07. The maximum atomic E-state index is 12.8. The number of nitrogens with two attached hydrogens (primary N) is 1. The van der Waals surface area contributed by atoms with Gasteiger partial charge >= 0.3 is 11.9 Å². The van der Waals surface area contributed by atoms with E-state index in [-0.39, 0.29) is 12.3 Å². The van der Waals surface area contributed by atoms with Crippen LogP contribution in [0.15, 0.2) is 42.5 Å². The fourth-order valence-corrected chi connectivity index (χ4v) is 4.50. The normalized spacial score (nSPS) is 32.0. The molecule has 2 fully saturated rings. The van der Waals surface area contributed by atoms with Crippen molar-refractivity contribution in [3.63, 3.8) is 0 Å². The fraction of sp³-hybridized carbons (Fsp3) is 0.316. The van der Waals surface area contributed by atoms with Gasteiger partial charge in [-0.15, -0.1) is 0 Å². The highest BCUT2D eigenvalue weighted by molar-refractivity contribution is 6.07. The zero-order valence-corrected chi connectivity index (χ0v) is 13.8. The first-order valence-corrected chi connectivity index (χ1v) is 8.38. The standard InChI is InChI=1S/C19H18N2O5/c20-19(18(25)26)8-12(13-14(15(13)19)17(23)24)21-16(22)11-7-3-5-9-4-1-2-6-10(9)11/h1-7,12-15H,8,20H2,(H,21,22)(H,23,24)(H,25,26). The van der Waals surface area contributed by atoms with E-state index in [0.29, 0.717) is 5.56 Å². The van der Waals surface area contributed by atoms with E-state index >= 15 is 0 Å². The molecule has 5 N–H and O–H groups in total. The molecule has 0 spiro atoms. The van der Waals surface area contributed by atoms with Gasteiger partial charge in [-0.1, -0.05) is 36.4 Å². The average Bonchev–Trinajstić information content (AvgIpc) is 3.30. The molecule has 0 heterocycles. The maximum Gasteiger partial charge on any atom is 0.324 e. The number of hydrogen-bond donors (Lipinski definition) is 4. The molecular formula is C19H18N2O5. The molecule has 2 aliphatic carbocycles. The smallest absolute Gasteiger partial charge is 0.324 e. The highest BCUT2D eigenvalue weighted by Crippen LogP contribution is 2.61. The molecule has 7 heteroatoms. The number of rotatable bonds is 4. The maximum absolute atomic E-state index is 12.8. The number of carbonyl (C=O) groups excluding carboxylic acids is 1. The van der Waals surface area contributed by atoms with Crippen molar-refractivity contribution in [2.24, 2.45) is 23.5 Å². The van der Waals surface area contributed by atoms with Gasteiger partial charge < -0.3 is 21.3 Å². The first kappa shape index (κ1) is 16.5. The van der Waals surface area contributed by atoms with Gasteiger partial charge in [-0.25, -0.2) is 0 Å². The van der Waals surface area contributed by atoms with Crippen LogP contribution in [0.2, 0.25) is 0 Å². The van der Waals surface area contributed by atoms with Crippen LogP contribution in [-0.4, -0.2) is 39.6 Å². The van der Waals surface area contributed by atoms with Gasteiger partial charge in [0.15, 0.2) is 0 Å². The lowest BCUT2D eigenvalue weighted by atomic mass is 9.90. The number of carbonyl (C=O) groups is 3. The molecule has 0 saturated heterocycles. The Balaban J connectivity index is 1.62. The quantitative estimate of drug-likeness (QED) is 0.650. The lowest BCUT2D eigenvalue weighted by Crippen LogP contribution is -2.52. The molecule has 7 nitrogen and oxygen atoms in total. The summed E-state index contributed by atoms with van der Waals surface area (Å²) in [6.07, 6.45) is 0.0257. The topological polar surface area (TPSA) is 130 Å². The van der Waals surface area contributed by atoms with E-state index in [0.717, 1.165) is 10.8 Å². The second-order valence-electron chi connectivity index (χ2n) is 7.12. The average molecular weight is 354 g/mol. The van der Waals surface area contributed by atoms with Crippen molar-refractivity contribution in [1.29, 1.82) is 0 Å². The number of hydrogen-bond acceptors (Lipinski definition) is 4. The Kier molecular flexibility index (Phi) is 3.52. The fourth-order valence-electron chi connectivity index (χ4n) is 4.50. The third-order valence-electron chi connectivity index (χ3n) is 5.73. The Labute approximate surface area is 148 Å². The Morgan fingerprint density at radius 3 is 2.46 bits per heavy atom. The number of amides is 1. The van der Waals surface area contributed by atoms with Gasteiger partial charge in [-0.3, -0.25) is 14.4 Å². The van der Waals surface area contributed by atoms with E-state index in [1.54, 1.807) is 12.1 Å².